The minimum atomic E-state index is -0.453. The van der Waals surface area contributed by atoms with Crippen molar-refractivity contribution in [2.24, 2.45) is 5.92 Å². The molecule has 140 valence electrons. The molecule has 0 saturated carbocycles. The van der Waals surface area contributed by atoms with Gasteiger partial charge in [0.2, 0.25) is 17.7 Å². The third-order valence-electron chi connectivity index (χ3n) is 4.69. The number of benzene rings is 1. The van der Waals surface area contributed by atoms with Crippen molar-refractivity contribution in [2.75, 3.05) is 12.4 Å². The summed E-state index contributed by atoms with van der Waals surface area (Å²) in [6, 6.07) is 10.6. The molecule has 1 saturated heterocycles. The zero-order chi connectivity index (χ0) is 19.4. The van der Waals surface area contributed by atoms with Gasteiger partial charge in [-0.25, -0.2) is 0 Å². The van der Waals surface area contributed by atoms with Crippen molar-refractivity contribution in [2.45, 2.75) is 25.9 Å². The van der Waals surface area contributed by atoms with Crippen LogP contribution in [-0.2, 0) is 20.9 Å². The van der Waals surface area contributed by atoms with E-state index >= 15 is 0 Å². The standard InChI is InChI=1S/C20H22N4O3/c1-13(25)23-16-7-5-14(6-8-16)11-22-20(27)17-10-18(26)24(2)19(17)15-4-3-9-21-12-15/h3-9,12,17,19H,10-11H2,1-2H3,(H,22,27)(H,23,25)/t17-,19+/m0/s1. The van der Waals surface area contributed by atoms with Gasteiger partial charge in [-0.15, -0.1) is 0 Å². The van der Waals surface area contributed by atoms with E-state index in [-0.39, 0.29) is 30.2 Å². The smallest absolute Gasteiger partial charge is 0.226 e. The summed E-state index contributed by atoms with van der Waals surface area (Å²) >= 11 is 0. The zero-order valence-electron chi connectivity index (χ0n) is 15.3. The Labute approximate surface area is 157 Å². The Morgan fingerprint density at radius 3 is 2.59 bits per heavy atom. The lowest BCUT2D eigenvalue weighted by Gasteiger charge is -2.24. The van der Waals surface area contributed by atoms with E-state index in [1.807, 2.05) is 18.2 Å². The fourth-order valence-corrected chi connectivity index (χ4v) is 3.34. The van der Waals surface area contributed by atoms with Crippen LogP contribution in [0.5, 0.6) is 0 Å². The molecule has 7 nitrogen and oxygen atoms in total. The highest BCUT2D eigenvalue weighted by atomic mass is 16.2. The zero-order valence-corrected chi connectivity index (χ0v) is 15.3. The van der Waals surface area contributed by atoms with E-state index in [1.54, 1.807) is 42.5 Å². The van der Waals surface area contributed by atoms with Crippen LogP contribution in [0.4, 0.5) is 5.69 Å². The van der Waals surface area contributed by atoms with Crippen molar-refractivity contribution >= 4 is 23.4 Å². The molecular formula is C20H22N4O3. The summed E-state index contributed by atoms with van der Waals surface area (Å²) in [7, 11) is 1.72. The van der Waals surface area contributed by atoms with Gasteiger partial charge in [0.25, 0.3) is 0 Å². The Morgan fingerprint density at radius 2 is 1.96 bits per heavy atom. The summed E-state index contributed by atoms with van der Waals surface area (Å²) in [4.78, 5) is 41.7. The molecule has 7 heteroatoms. The largest absolute Gasteiger partial charge is 0.352 e. The normalized spacial score (nSPS) is 19.0. The molecule has 2 N–H and O–H groups in total. The lowest BCUT2D eigenvalue weighted by atomic mass is 9.94. The molecule has 0 bridgehead atoms. The third kappa shape index (κ3) is 4.31. The van der Waals surface area contributed by atoms with Crippen molar-refractivity contribution in [3.8, 4) is 0 Å². The number of pyridine rings is 1. The Kier molecular flexibility index (Phi) is 5.49. The Hall–Kier alpha value is -3.22. The molecule has 0 spiro atoms. The summed E-state index contributed by atoms with van der Waals surface area (Å²) in [5.41, 5.74) is 2.47. The number of nitrogens with one attached hydrogen (secondary N) is 2. The third-order valence-corrected chi connectivity index (χ3v) is 4.69. The van der Waals surface area contributed by atoms with Gasteiger partial charge in [-0.1, -0.05) is 18.2 Å². The number of hydrogen-bond acceptors (Lipinski definition) is 4. The first-order chi connectivity index (χ1) is 13.0. The lowest BCUT2D eigenvalue weighted by molar-refractivity contribution is -0.128. The van der Waals surface area contributed by atoms with E-state index in [2.05, 4.69) is 15.6 Å². The first kappa shape index (κ1) is 18.6. The van der Waals surface area contributed by atoms with E-state index < -0.39 is 5.92 Å². The molecule has 0 unspecified atom stereocenters. The Balaban J connectivity index is 1.66. The molecule has 1 aromatic carbocycles. The molecule has 3 rings (SSSR count). The van der Waals surface area contributed by atoms with Crippen LogP contribution in [0.3, 0.4) is 0 Å². The molecule has 1 aliphatic heterocycles. The van der Waals surface area contributed by atoms with Crippen molar-refractivity contribution in [1.29, 1.82) is 0 Å². The van der Waals surface area contributed by atoms with Gasteiger partial charge in [0.15, 0.2) is 0 Å². The molecule has 27 heavy (non-hydrogen) atoms. The second-order valence-corrected chi connectivity index (χ2v) is 6.64. The van der Waals surface area contributed by atoms with E-state index in [0.29, 0.717) is 12.2 Å². The van der Waals surface area contributed by atoms with Crippen LogP contribution in [0.15, 0.2) is 48.8 Å². The van der Waals surface area contributed by atoms with Crippen molar-refractivity contribution < 1.29 is 14.4 Å². The maximum Gasteiger partial charge on any atom is 0.226 e. The number of anilines is 1. The quantitative estimate of drug-likeness (QED) is 0.845. The maximum absolute atomic E-state index is 12.7. The second kappa shape index (κ2) is 7.99. The van der Waals surface area contributed by atoms with Crippen molar-refractivity contribution in [3.05, 3.63) is 59.9 Å². The van der Waals surface area contributed by atoms with Gasteiger partial charge in [0.05, 0.1) is 12.0 Å². The van der Waals surface area contributed by atoms with Gasteiger partial charge in [0, 0.05) is 45.0 Å². The molecule has 1 aromatic heterocycles. The lowest BCUT2D eigenvalue weighted by Crippen LogP contribution is -2.34. The number of nitrogens with zero attached hydrogens (tertiary/aromatic N) is 2. The van der Waals surface area contributed by atoms with Gasteiger partial charge < -0.3 is 15.5 Å². The van der Waals surface area contributed by atoms with Crippen LogP contribution < -0.4 is 10.6 Å². The predicted molar refractivity (Wildman–Crippen MR) is 100 cm³/mol. The average molecular weight is 366 g/mol. The summed E-state index contributed by atoms with van der Waals surface area (Å²) in [5, 5.41) is 5.62. The average Bonchev–Trinajstić information content (AvgIpc) is 2.96. The van der Waals surface area contributed by atoms with Crippen molar-refractivity contribution in [1.82, 2.24) is 15.2 Å². The van der Waals surface area contributed by atoms with Crippen LogP contribution in [0.25, 0.3) is 0 Å². The SMILES string of the molecule is CC(=O)Nc1ccc(CNC(=O)[C@H]2CC(=O)N(C)[C@@H]2c2cccnc2)cc1. The molecule has 2 heterocycles. The van der Waals surface area contributed by atoms with Gasteiger partial charge >= 0.3 is 0 Å². The summed E-state index contributed by atoms with van der Waals surface area (Å²) < 4.78 is 0. The molecule has 2 aromatic rings. The number of likely N-dealkylation sites (tertiary alicyclic amines) is 1. The van der Waals surface area contributed by atoms with Gasteiger partial charge in [0.1, 0.15) is 0 Å². The highest BCUT2D eigenvalue weighted by Gasteiger charge is 2.42. The second-order valence-electron chi connectivity index (χ2n) is 6.64. The Morgan fingerprint density at radius 1 is 1.22 bits per heavy atom. The number of amides is 3. The Bertz CT molecular complexity index is 836. The summed E-state index contributed by atoms with van der Waals surface area (Å²) in [6.07, 6.45) is 3.55. The first-order valence-electron chi connectivity index (χ1n) is 8.75. The van der Waals surface area contributed by atoms with Gasteiger partial charge in [-0.2, -0.15) is 0 Å². The number of carbonyl (C=O) groups excluding carboxylic acids is 3. The first-order valence-corrected chi connectivity index (χ1v) is 8.75. The van der Waals surface area contributed by atoms with Gasteiger partial charge in [-0.3, -0.25) is 19.4 Å². The van der Waals surface area contributed by atoms with Crippen LogP contribution in [0.1, 0.15) is 30.5 Å². The fourth-order valence-electron chi connectivity index (χ4n) is 3.34. The van der Waals surface area contributed by atoms with Crippen LogP contribution in [0.2, 0.25) is 0 Å². The van der Waals surface area contributed by atoms with Gasteiger partial charge in [-0.05, 0) is 29.3 Å². The molecule has 3 amide bonds. The highest BCUT2D eigenvalue weighted by molar-refractivity contribution is 5.90. The predicted octanol–water partition coefficient (Wildman–Crippen LogP) is 1.88. The monoisotopic (exact) mass is 366 g/mol. The maximum atomic E-state index is 12.7. The molecule has 1 fully saturated rings. The molecular weight excluding hydrogens is 344 g/mol. The van der Waals surface area contributed by atoms with E-state index in [4.69, 9.17) is 0 Å². The fraction of sp³-hybridized carbons (Fsp3) is 0.300. The van der Waals surface area contributed by atoms with Crippen molar-refractivity contribution in [3.63, 3.8) is 0 Å². The molecule has 2 atom stereocenters. The number of hydrogen-bond donors (Lipinski definition) is 2. The van der Waals surface area contributed by atoms with E-state index in [9.17, 15) is 14.4 Å². The highest BCUT2D eigenvalue weighted by Crippen LogP contribution is 2.36. The number of carbonyl (C=O) groups is 3. The van der Waals surface area contributed by atoms with E-state index in [0.717, 1.165) is 11.1 Å². The van der Waals surface area contributed by atoms with E-state index in [1.165, 1.54) is 6.92 Å². The number of rotatable bonds is 5. The van der Waals surface area contributed by atoms with Crippen LogP contribution in [-0.4, -0.2) is 34.7 Å². The minimum absolute atomic E-state index is 0.0522. The minimum Gasteiger partial charge on any atom is -0.352 e. The summed E-state index contributed by atoms with van der Waals surface area (Å²) in [5.74, 6) is -0.797. The van der Waals surface area contributed by atoms with Crippen LogP contribution in [0, 0.1) is 5.92 Å². The molecule has 0 aliphatic carbocycles. The summed E-state index contributed by atoms with van der Waals surface area (Å²) in [6.45, 7) is 1.81. The molecule has 1 aliphatic rings. The number of aromatic nitrogens is 1. The van der Waals surface area contributed by atoms with Crippen LogP contribution >= 0.6 is 0 Å². The topological polar surface area (TPSA) is 91.4 Å². The molecule has 0 radical (unpaired) electrons.